The number of aromatic nitrogens is 4. The fourth-order valence-electron chi connectivity index (χ4n) is 3.71. The minimum atomic E-state index is -4.56. The number of hydrogen-bond acceptors (Lipinski definition) is 9. The first-order chi connectivity index (χ1) is 16.9. The zero-order valence-corrected chi connectivity index (χ0v) is 20.0. The number of fused-ring (bicyclic) bond motifs is 1. The Morgan fingerprint density at radius 1 is 1.25 bits per heavy atom. The van der Waals surface area contributed by atoms with E-state index in [0.717, 1.165) is 22.4 Å². The van der Waals surface area contributed by atoms with Gasteiger partial charge in [-0.2, -0.15) is 13.2 Å². The van der Waals surface area contributed by atoms with Crippen LogP contribution in [0.4, 0.5) is 24.8 Å². The third-order valence-electron chi connectivity index (χ3n) is 5.31. The van der Waals surface area contributed by atoms with Crippen LogP contribution in [0.1, 0.15) is 28.7 Å². The average Bonchev–Trinajstić information content (AvgIpc) is 3.41. The largest absolute Gasteiger partial charge is 0.433 e. The molecule has 0 radical (unpaired) electrons. The predicted octanol–water partition coefficient (Wildman–Crippen LogP) is 2.12. The number of nitrogens with zero attached hydrogens (tertiary/aromatic N) is 6. The number of pyridine rings is 1. The Labute approximate surface area is 206 Å². The summed E-state index contributed by atoms with van der Waals surface area (Å²) >= 11 is 1.11. The molecule has 0 saturated heterocycles. The number of aliphatic hydroxyl groups excluding tert-OH is 1. The highest BCUT2D eigenvalue weighted by molar-refractivity contribution is 7.13. The molecule has 2 N–H and O–H groups in total. The van der Waals surface area contributed by atoms with E-state index in [2.05, 4.69) is 20.3 Å². The summed E-state index contributed by atoms with van der Waals surface area (Å²) in [7, 11) is 1.50. The minimum Gasteiger partial charge on any atom is -0.356 e. The number of aliphatic hydroxyl groups is 1. The van der Waals surface area contributed by atoms with Crippen LogP contribution in [0.3, 0.4) is 0 Å². The quantitative estimate of drug-likeness (QED) is 0.502. The summed E-state index contributed by atoms with van der Waals surface area (Å²) in [6, 6.07) is 1.32. The number of aryl methyl sites for hydroxylation is 1. The van der Waals surface area contributed by atoms with Gasteiger partial charge in [-0.3, -0.25) is 24.3 Å². The van der Waals surface area contributed by atoms with Crippen molar-refractivity contribution in [2.45, 2.75) is 32.9 Å². The first-order valence-electron chi connectivity index (χ1n) is 10.4. The number of Topliss-reactive ketones (excluding diaryl/α,β-unsaturated/α-hetero) is 1. The molecule has 4 rings (SSSR count). The molecule has 15 heteroatoms. The zero-order valence-electron chi connectivity index (χ0n) is 19.2. The fourth-order valence-corrected chi connectivity index (χ4v) is 4.44. The number of thiazole rings is 1. The maximum atomic E-state index is 13.0. The number of carbonyl (C=O) groups is 3. The van der Waals surface area contributed by atoms with Crippen molar-refractivity contribution in [2.24, 2.45) is 0 Å². The molecule has 11 nitrogen and oxygen atoms in total. The lowest BCUT2D eigenvalue weighted by Crippen LogP contribution is -2.55. The second kappa shape index (κ2) is 9.31. The Hall–Kier alpha value is -3.85. The molecular formula is C21H20F3N7O4S. The fraction of sp³-hybridized carbons (Fsp3) is 0.333. The van der Waals surface area contributed by atoms with Gasteiger partial charge in [0.15, 0.2) is 11.5 Å². The normalized spacial score (nSPS) is 15.8. The number of hydrogen-bond donors (Lipinski definition) is 2. The maximum absolute atomic E-state index is 13.0. The van der Waals surface area contributed by atoms with Gasteiger partial charge in [-0.25, -0.2) is 9.97 Å². The van der Waals surface area contributed by atoms with Crippen LogP contribution in [-0.4, -0.2) is 67.1 Å². The first-order valence-corrected chi connectivity index (χ1v) is 11.3. The van der Waals surface area contributed by atoms with Crippen LogP contribution in [0.15, 0.2) is 24.0 Å². The maximum Gasteiger partial charge on any atom is 0.433 e. The van der Waals surface area contributed by atoms with Gasteiger partial charge < -0.3 is 19.9 Å². The summed E-state index contributed by atoms with van der Waals surface area (Å²) in [5.41, 5.74) is -0.629. The molecule has 0 spiro atoms. The molecule has 0 bridgehead atoms. The third kappa shape index (κ3) is 4.79. The Kier molecular flexibility index (Phi) is 6.53. The molecule has 0 aromatic carbocycles. The molecule has 3 aromatic rings. The SMILES string of the molecule is CC(=O)CN1C(=O)c2c(ncn2CC(=O)Nc2csc(-c3cnc(C(F)(F)F)c(C)c3)n2)N(C)C1O. The van der Waals surface area contributed by atoms with Crippen molar-refractivity contribution in [3.8, 4) is 10.6 Å². The lowest BCUT2D eigenvalue weighted by Gasteiger charge is -2.38. The lowest BCUT2D eigenvalue weighted by atomic mass is 10.1. The Morgan fingerprint density at radius 3 is 2.61 bits per heavy atom. The van der Waals surface area contributed by atoms with Crippen LogP contribution < -0.4 is 10.2 Å². The molecular weight excluding hydrogens is 503 g/mol. The van der Waals surface area contributed by atoms with Gasteiger partial charge in [0.2, 0.25) is 12.3 Å². The highest BCUT2D eigenvalue weighted by Crippen LogP contribution is 2.33. The number of rotatable bonds is 6. The first kappa shape index (κ1) is 25.2. The number of alkyl halides is 3. The van der Waals surface area contributed by atoms with E-state index in [4.69, 9.17) is 0 Å². The molecule has 190 valence electrons. The van der Waals surface area contributed by atoms with E-state index in [9.17, 15) is 32.7 Å². The zero-order chi connectivity index (χ0) is 26.4. The molecule has 0 fully saturated rings. The molecule has 3 aromatic heterocycles. The monoisotopic (exact) mass is 523 g/mol. The Balaban J connectivity index is 1.49. The summed E-state index contributed by atoms with van der Waals surface area (Å²) in [4.78, 5) is 51.2. The average molecular weight is 523 g/mol. The number of carbonyl (C=O) groups excluding carboxylic acids is 3. The van der Waals surface area contributed by atoms with Gasteiger partial charge in [0.25, 0.3) is 5.91 Å². The van der Waals surface area contributed by atoms with Crippen molar-refractivity contribution in [3.63, 3.8) is 0 Å². The summed E-state index contributed by atoms with van der Waals surface area (Å²) in [6.07, 6.45) is -3.61. The van der Waals surface area contributed by atoms with Gasteiger partial charge in [-0.1, -0.05) is 0 Å². The molecule has 0 saturated carbocycles. The second-order valence-corrected chi connectivity index (χ2v) is 8.97. The lowest BCUT2D eigenvalue weighted by molar-refractivity contribution is -0.141. The van der Waals surface area contributed by atoms with Crippen LogP contribution in [0.5, 0.6) is 0 Å². The summed E-state index contributed by atoms with van der Waals surface area (Å²) in [6.45, 7) is 1.95. The molecule has 1 atom stereocenters. The van der Waals surface area contributed by atoms with Crippen molar-refractivity contribution in [1.29, 1.82) is 0 Å². The third-order valence-corrected chi connectivity index (χ3v) is 6.20. The molecule has 4 heterocycles. The number of halogens is 3. The van der Waals surface area contributed by atoms with Crippen molar-refractivity contribution >= 4 is 40.6 Å². The van der Waals surface area contributed by atoms with E-state index in [1.807, 2.05) is 0 Å². The van der Waals surface area contributed by atoms with Crippen LogP contribution in [0, 0.1) is 6.92 Å². The molecule has 36 heavy (non-hydrogen) atoms. The van der Waals surface area contributed by atoms with Gasteiger partial charge in [0, 0.05) is 24.2 Å². The number of amides is 2. The number of nitrogens with one attached hydrogen (secondary N) is 1. The van der Waals surface area contributed by atoms with Crippen LogP contribution in [0.2, 0.25) is 0 Å². The van der Waals surface area contributed by atoms with E-state index >= 15 is 0 Å². The smallest absolute Gasteiger partial charge is 0.356 e. The van der Waals surface area contributed by atoms with Gasteiger partial charge in [0.05, 0.1) is 12.9 Å². The highest BCUT2D eigenvalue weighted by Gasteiger charge is 2.39. The van der Waals surface area contributed by atoms with Crippen molar-refractivity contribution in [3.05, 3.63) is 40.9 Å². The van der Waals surface area contributed by atoms with Gasteiger partial charge >= 0.3 is 6.18 Å². The number of imidazole rings is 1. The van der Waals surface area contributed by atoms with Gasteiger partial charge in [-0.05, 0) is 25.5 Å². The van der Waals surface area contributed by atoms with Crippen molar-refractivity contribution in [2.75, 3.05) is 23.8 Å². The van der Waals surface area contributed by atoms with E-state index in [-0.39, 0.29) is 41.8 Å². The van der Waals surface area contributed by atoms with Crippen molar-refractivity contribution < 1.29 is 32.7 Å². The number of anilines is 2. The Morgan fingerprint density at radius 2 is 1.97 bits per heavy atom. The second-order valence-electron chi connectivity index (χ2n) is 8.11. The van der Waals surface area contributed by atoms with Crippen LogP contribution in [-0.2, 0) is 22.3 Å². The standard InChI is InChI=1S/C21H20F3N7O4S/c1-10-4-12(5-25-16(10)21(22,23)24)18-28-13(8-36-18)27-14(33)7-30-9-26-17-15(30)19(34)31(6-11(2)32)20(35)29(17)3/h4-5,8-9,20,35H,6-7H2,1-3H3,(H,27,33). The van der Waals surface area contributed by atoms with Gasteiger partial charge in [0.1, 0.15) is 28.8 Å². The topological polar surface area (TPSA) is 134 Å². The van der Waals surface area contributed by atoms with E-state index in [1.165, 1.54) is 48.1 Å². The summed E-state index contributed by atoms with van der Waals surface area (Å²) < 4.78 is 40.1. The van der Waals surface area contributed by atoms with E-state index in [0.29, 0.717) is 10.6 Å². The van der Waals surface area contributed by atoms with Crippen LogP contribution in [0.25, 0.3) is 10.6 Å². The van der Waals surface area contributed by atoms with E-state index in [1.54, 1.807) is 0 Å². The molecule has 1 unspecified atom stereocenters. The van der Waals surface area contributed by atoms with E-state index < -0.39 is 30.0 Å². The molecule has 1 aliphatic rings. The molecule has 0 aliphatic carbocycles. The number of ketones is 1. The summed E-state index contributed by atoms with van der Waals surface area (Å²) in [5.74, 6) is -1.21. The molecule has 2 amide bonds. The summed E-state index contributed by atoms with van der Waals surface area (Å²) in [5, 5.41) is 14.8. The minimum absolute atomic E-state index is 0.0319. The van der Waals surface area contributed by atoms with Gasteiger partial charge in [-0.15, -0.1) is 11.3 Å². The Bertz CT molecular complexity index is 1350. The van der Waals surface area contributed by atoms with Crippen molar-refractivity contribution in [1.82, 2.24) is 24.4 Å². The molecule has 1 aliphatic heterocycles. The highest BCUT2D eigenvalue weighted by atomic mass is 32.1. The predicted molar refractivity (Wildman–Crippen MR) is 122 cm³/mol. The van der Waals surface area contributed by atoms with Crippen LogP contribution >= 0.6 is 11.3 Å².